The van der Waals surface area contributed by atoms with Crippen LogP contribution < -0.4 is 0 Å². The molecule has 1 rings (SSSR count). The first kappa shape index (κ1) is 16.4. The first-order valence-electron chi connectivity index (χ1n) is 7.55. The van der Waals surface area contributed by atoms with Crippen molar-refractivity contribution in [2.75, 3.05) is 33.4 Å². The molecule has 1 atom stereocenters. The number of unbranched alkanes of at least 4 members (excludes halogenated alkanes) is 4. The standard InChI is InChI=1S/C15H29NO3/c1-3-4-5-6-7-8-14(18)16-10-9-15(11-16,12-17)13-19-2/h17H,3-13H2,1-2H3/t15-/m0/s1. The van der Waals surface area contributed by atoms with Crippen molar-refractivity contribution in [1.82, 2.24) is 4.90 Å². The quantitative estimate of drug-likeness (QED) is 0.654. The van der Waals surface area contributed by atoms with Gasteiger partial charge < -0.3 is 14.7 Å². The van der Waals surface area contributed by atoms with Gasteiger partial charge in [-0.1, -0.05) is 32.6 Å². The average Bonchev–Trinajstić information content (AvgIpc) is 2.84. The van der Waals surface area contributed by atoms with Gasteiger partial charge >= 0.3 is 0 Å². The van der Waals surface area contributed by atoms with E-state index in [1.165, 1.54) is 19.3 Å². The number of rotatable bonds is 9. The Morgan fingerprint density at radius 3 is 2.68 bits per heavy atom. The Hall–Kier alpha value is -0.610. The van der Waals surface area contributed by atoms with Crippen LogP contribution >= 0.6 is 0 Å². The minimum atomic E-state index is -0.230. The molecule has 0 aromatic carbocycles. The lowest BCUT2D eigenvalue weighted by Gasteiger charge is -2.26. The van der Waals surface area contributed by atoms with Gasteiger partial charge in [0.05, 0.1) is 13.2 Å². The smallest absolute Gasteiger partial charge is 0.222 e. The molecular weight excluding hydrogens is 242 g/mol. The van der Waals surface area contributed by atoms with Gasteiger partial charge in [-0.2, -0.15) is 0 Å². The number of likely N-dealkylation sites (tertiary alicyclic amines) is 1. The van der Waals surface area contributed by atoms with E-state index >= 15 is 0 Å². The van der Waals surface area contributed by atoms with Crippen LogP contribution in [0.15, 0.2) is 0 Å². The Morgan fingerprint density at radius 1 is 1.32 bits per heavy atom. The maximum absolute atomic E-state index is 12.1. The van der Waals surface area contributed by atoms with Crippen molar-refractivity contribution >= 4 is 5.91 Å². The lowest BCUT2D eigenvalue weighted by atomic mass is 9.89. The Kier molecular flexibility index (Phi) is 7.39. The van der Waals surface area contributed by atoms with Crippen LogP contribution in [-0.2, 0) is 9.53 Å². The molecule has 4 nitrogen and oxygen atoms in total. The molecule has 1 aliphatic heterocycles. The Labute approximate surface area is 117 Å². The Balaban J connectivity index is 2.27. The van der Waals surface area contributed by atoms with E-state index < -0.39 is 0 Å². The number of hydrogen-bond acceptors (Lipinski definition) is 3. The van der Waals surface area contributed by atoms with Gasteiger partial charge in [0.2, 0.25) is 5.91 Å². The van der Waals surface area contributed by atoms with Crippen molar-refractivity contribution in [2.45, 2.75) is 51.9 Å². The van der Waals surface area contributed by atoms with E-state index in [0.717, 1.165) is 25.8 Å². The summed E-state index contributed by atoms with van der Waals surface area (Å²) in [6.07, 6.45) is 7.36. The number of nitrogens with zero attached hydrogens (tertiary/aromatic N) is 1. The largest absolute Gasteiger partial charge is 0.396 e. The maximum atomic E-state index is 12.1. The van der Waals surface area contributed by atoms with Gasteiger partial charge in [0, 0.05) is 32.0 Å². The highest BCUT2D eigenvalue weighted by atomic mass is 16.5. The van der Waals surface area contributed by atoms with Crippen molar-refractivity contribution in [1.29, 1.82) is 0 Å². The highest BCUT2D eigenvalue weighted by Gasteiger charge is 2.39. The molecule has 0 radical (unpaired) electrons. The number of ether oxygens (including phenoxy) is 1. The van der Waals surface area contributed by atoms with Gasteiger partial charge in [-0.3, -0.25) is 4.79 Å². The van der Waals surface area contributed by atoms with E-state index in [-0.39, 0.29) is 17.9 Å². The van der Waals surface area contributed by atoms with Crippen molar-refractivity contribution in [3.05, 3.63) is 0 Å². The van der Waals surface area contributed by atoms with Gasteiger partial charge in [0.1, 0.15) is 0 Å². The van der Waals surface area contributed by atoms with Crippen LogP contribution in [0.2, 0.25) is 0 Å². The van der Waals surface area contributed by atoms with E-state index in [4.69, 9.17) is 4.74 Å². The fraction of sp³-hybridized carbons (Fsp3) is 0.933. The minimum Gasteiger partial charge on any atom is -0.396 e. The second-order valence-corrected chi connectivity index (χ2v) is 5.82. The maximum Gasteiger partial charge on any atom is 0.222 e. The van der Waals surface area contributed by atoms with E-state index in [0.29, 0.717) is 19.6 Å². The normalized spacial score (nSPS) is 23.0. The van der Waals surface area contributed by atoms with Crippen LogP contribution in [0.25, 0.3) is 0 Å². The van der Waals surface area contributed by atoms with E-state index in [1.54, 1.807) is 7.11 Å². The molecule has 0 aromatic heterocycles. The molecule has 1 heterocycles. The summed E-state index contributed by atoms with van der Waals surface area (Å²) in [4.78, 5) is 14.0. The van der Waals surface area contributed by atoms with Crippen LogP contribution in [0.4, 0.5) is 0 Å². The van der Waals surface area contributed by atoms with Crippen molar-refractivity contribution in [2.24, 2.45) is 5.41 Å². The third kappa shape index (κ3) is 5.11. The number of carbonyl (C=O) groups is 1. The molecule has 1 saturated heterocycles. The predicted octanol–water partition coefficient (Wildman–Crippen LogP) is 2.20. The van der Waals surface area contributed by atoms with Crippen LogP contribution in [0.3, 0.4) is 0 Å². The van der Waals surface area contributed by atoms with Crippen LogP contribution in [0.5, 0.6) is 0 Å². The second kappa shape index (κ2) is 8.54. The average molecular weight is 271 g/mol. The third-order valence-corrected chi connectivity index (χ3v) is 4.07. The molecule has 0 aromatic rings. The SMILES string of the molecule is CCCCCCCC(=O)N1CC[C@](CO)(COC)C1. The van der Waals surface area contributed by atoms with Crippen LogP contribution in [0, 0.1) is 5.41 Å². The minimum absolute atomic E-state index is 0.0983. The van der Waals surface area contributed by atoms with Gasteiger partial charge in [-0.05, 0) is 12.8 Å². The first-order chi connectivity index (χ1) is 9.17. The summed E-state index contributed by atoms with van der Waals surface area (Å²) in [5, 5.41) is 9.50. The molecule has 0 aliphatic carbocycles. The topological polar surface area (TPSA) is 49.8 Å². The fourth-order valence-electron chi connectivity index (χ4n) is 2.78. The number of methoxy groups -OCH3 is 1. The molecule has 1 fully saturated rings. The second-order valence-electron chi connectivity index (χ2n) is 5.82. The molecule has 0 spiro atoms. The van der Waals surface area contributed by atoms with E-state index in [2.05, 4.69) is 6.92 Å². The Bertz CT molecular complexity index is 270. The lowest BCUT2D eigenvalue weighted by Crippen LogP contribution is -2.36. The molecule has 1 N–H and O–H groups in total. The zero-order chi connectivity index (χ0) is 14.1. The molecular formula is C15H29NO3. The molecule has 0 saturated carbocycles. The molecule has 1 amide bonds. The summed E-state index contributed by atoms with van der Waals surface area (Å²) in [7, 11) is 1.65. The van der Waals surface area contributed by atoms with E-state index in [1.807, 2.05) is 4.90 Å². The summed E-state index contributed by atoms with van der Waals surface area (Å²) in [5.74, 6) is 0.239. The molecule has 0 bridgehead atoms. The molecule has 112 valence electrons. The lowest BCUT2D eigenvalue weighted by molar-refractivity contribution is -0.131. The third-order valence-electron chi connectivity index (χ3n) is 4.07. The summed E-state index contributed by atoms with van der Waals surface area (Å²) >= 11 is 0. The molecule has 4 heteroatoms. The van der Waals surface area contributed by atoms with Crippen LogP contribution in [0.1, 0.15) is 51.9 Å². The van der Waals surface area contributed by atoms with Crippen molar-refractivity contribution in [3.8, 4) is 0 Å². The zero-order valence-electron chi connectivity index (χ0n) is 12.5. The first-order valence-corrected chi connectivity index (χ1v) is 7.55. The van der Waals surface area contributed by atoms with Gasteiger partial charge in [0.15, 0.2) is 0 Å². The molecule has 19 heavy (non-hydrogen) atoms. The van der Waals surface area contributed by atoms with Gasteiger partial charge in [-0.15, -0.1) is 0 Å². The molecule has 1 aliphatic rings. The van der Waals surface area contributed by atoms with Crippen molar-refractivity contribution in [3.63, 3.8) is 0 Å². The monoisotopic (exact) mass is 271 g/mol. The summed E-state index contributed by atoms with van der Waals surface area (Å²) in [6.45, 7) is 4.23. The summed E-state index contributed by atoms with van der Waals surface area (Å²) in [6, 6.07) is 0. The van der Waals surface area contributed by atoms with Gasteiger partial charge in [0.25, 0.3) is 0 Å². The fourth-order valence-corrected chi connectivity index (χ4v) is 2.78. The number of carbonyl (C=O) groups excluding carboxylic acids is 1. The summed E-state index contributed by atoms with van der Waals surface area (Å²) in [5.41, 5.74) is -0.230. The van der Waals surface area contributed by atoms with Crippen molar-refractivity contribution < 1.29 is 14.6 Å². The summed E-state index contributed by atoms with van der Waals surface area (Å²) < 4.78 is 5.18. The highest BCUT2D eigenvalue weighted by molar-refractivity contribution is 5.76. The highest BCUT2D eigenvalue weighted by Crippen LogP contribution is 2.30. The number of hydrogen-bond donors (Lipinski definition) is 1. The Morgan fingerprint density at radius 2 is 2.05 bits per heavy atom. The van der Waals surface area contributed by atoms with Gasteiger partial charge in [-0.25, -0.2) is 0 Å². The predicted molar refractivity (Wildman–Crippen MR) is 76.0 cm³/mol. The molecule has 0 unspecified atom stereocenters. The zero-order valence-corrected chi connectivity index (χ0v) is 12.5. The van der Waals surface area contributed by atoms with E-state index in [9.17, 15) is 9.90 Å². The van der Waals surface area contributed by atoms with Crippen LogP contribution in [-0.4, -0.2) is 49.3 Å². The number of aliphatic hydroxyl groups is 1. The number of amides is 1. The number of aliphatic hydroxyl groups excluding tert-OH is 1.